The monoisotopic (exact) mass is 221 g/mol. The van der Waals surface area contributed by atoms with Crippen LogP contribution in [0.2, 0.25) is 0 Å². The Bertz CT molecular complexity index is 328. The SMILES string of the molecule is C=CCCC(N)c1c(OC)cccc1OC. The van der Waals surface area contributed by atoms with Gasteiger partial charge in [-0.25, -0.2) is 0 Å². The summed E-state index contributed by atoms with van der Waals surface area (Å²) >= 11 is 0. The fourth-order valence-electron chi connectivity index (χ4n) is 1.69. The smallest absolute Gasteiger partial charge is 0.127 e. The van der Waals surface area contributed by atoms with Crippen LogP contribution in [0, 0.1) is 0 Å². The van der Waals surface area contributed by atoms with Gasteiger partial charge in [0.1, 0.15) is 11.5 Å². The molecular formula is C13H19NO2. The van der Waals surface area contributed by atoms with Gasteiger partial charge in [0.25, 0.3) is 0 Å². The van der Waals surface area contributed by atoms with Crippen LogP contribution < -0.4 is 15.2 Å². The Morgan fingerprint density at radius 1 is 1.31 bits per heavy atom. The van der Waals surface area contributed by atoms with Crippen molar-refractivity contribution >= 4 is 0 Å². The standard InChI is InChI=1S/C13H19NO2/c1-4-5-7-10(14)13-11(15-2)8-6-9-12(13)16-3/h4,6,8-10H,1,5,7,14H2,2-3H3. The highest BCUT2D eigenvalue weighted by Crippen LogP contribution is 2.34. The van der Waals surface area contributed by atoms with Crippen molar-refractivity contribution in [2.75, 3.05) is 14.2 Å². The van der Waals surface area contributed by atoms with Crippen molar-refractivity contribution in [3.05, 3.63) is 36.4 Å². The summed E-state index contributed by atoms with van der Waals surface area (Å²) in [6.45, 7) is 3.69. The average Bonchev–Trinajstić information content (AvgIpc) is 2.34. The molecule has 0 saturated heterocycles. The third-order valence-corrected chi connectivity index (χ3v) is 2.52. The van der Waals surface area contributed by atoms with Gasteiger partial charge in [0.2, 0.25) is 0 Å². The summed E-state index contributed by atoms with van der Waals surface area (Å²) in [4.78, 5) is 0. The van der Waals surface area contributed by atoms with Crippen molar-refractivity contribution in [3.8, 4) is 11.5 Å². The zero-order chi connectivity index (χ0) is 12.0. The fourth-order valence-corrected chi connectivity index (χ4v) is 1.69. The molecule has 2 N–H and O–H groups in total. The van der Waals surface area contributed by atoms with Crippen LogP contribution in [0.1, 0.15) is 24.4 Å². The van der Waals surface area contributed by atoms with E-state index in [1.807, 2.05) is 24.3 Å². The van der Waals surface area contributed by atoms with Crippen molar-refractivity contribution in [1.82, 2.24) is 0 Å². The van der Waals surface area contributed by atoms with Crippen LogP contribution in [-0.2, 0) is 0 Å². The molecular weight excluding hydrogens is 202 g/mol. The maximum Gasteiger partial charge on any atom is 0.127 e. The highest BCUT2D eigenvalue weighted by atomic mass is 16.5. The van der Waals surface area contributed by atoms with Crippen LogP contribution in [0.25, 0.3) is 0 Å². The highest BCUT2D eigenvalue weighted by molar-refractivity contribution is 5.46. The number of hydrogen-bond donors (Lipinski definition) is 1. The molecule has 0 radical (unpaired) electrons. The first kappa shape index (κ1) is 12.6. The zero-order valence-corrected chi connectivity index (χ0v) is 9.90. The summed E-state index contributed by atoms with van der Waals surface area (Å²) in [6.07, 6.45) is 3.57. The lowest BCUT2D eigenvalue weighted by Crippen LogP contribution is -2.12. The van der Waals surface area contributed by atoms with Gasteiger partial charge in [-0.2, -0.15) is 0 Å². The van der Waals surface area contributed by atoms with Crippen molar-refractivity contribution in [1.29, 1.82) is 0 Å². The summed E-state index contributed by atoms with van der Waals surface area (Å²) in [5.41, 5.74) is 7.05. The summed E-state index contributed by atoms with van der Waals surface area (Å²) in [5, 5.41) is 0. The third-order valence-electron chi connectivity index (χ3n) is 2.52. The number of methoxy groups -OCH3 is 2. The van der Waals surface area contributed by atoms with Crippen LogP contribution in [-0.4, -0.2) is 14.2 Å². The lowest BCUT2D eigenvalue weighted by atomic mass is 10.0. The topological polar surface area (TPSA) is 44.5 Å². The van der Waals surface area contributed by atoms with Crippen LogP contribution in [0.3, 0.4) is 0 Å². The number of ether oxygens (including phenoxy) is 2. The summed E-state index contributed by atoms with van der Waals surface area (Å²) in [7, 11) is 3.27. The predicted octanol–water partition coefficient (Wildman–Crippen LogP) is 2.67. The van der Waals surface area contributed by atoms with Gasteiger partial charge in [-0.3, -0.25) is 0 Å². The lowest BCUT2D eigenvalue weighted by molar-refractivity contribution is 0.377. The molecule has 88 valence electrons. The first-order valence-corrected chi connectivity index (χ1v) is 5.32. The maximum absolute atomic E-state index is 6.13. The van der Waals surface area contributed by atoms with Gasteiger partial charge in [0, 0.05) is 6.04 Å². The molecule has 0 aliphatic heterocycles. The van der Waals surface area contributed by atoms with Gasteiger partial charge in [-0.1, -0.05) is 12.1 Å². The molecule has 0 amide bonds. The van der Waals surface area contributed by atoms with E-state index >= 15 is 0 Å². The number of nitrogens with two attached hydrogens (primary N) is 1. The predicted molar refractivity (Wildman–Crippen MR) is 65.9 cm³/mol. The second-order valence-corrected chi connectivity index (χ2v) is 3.55. The quantitative estimate of drug-likeness (QED) is 0.751. The van der Waals surface area contributed by atoms with E-state index in [0.717, 1.165) is 29.9 Å². The van der Waals surface area contributed by atoms with Gasteiger partial charge in [0.05, 0.1) is 19.8 Å². The highest BCUT2D eigenvalue weighted by Gasteiger charge is 2.16. The number of allylic oxidation sites excluding steroid dienone is 1. The van der Waals surface area contributed by atoms with Gasteiger partial charge >= 0.3 is 0 Å². The van der Waals surface area contributed by atoms with E-state index in [-0.39, 0.29) is 6.04 Å². The largest absolute Gasteiger partial charge is 0.496 e. The minimum absolute atomic E-state index is 0.0934. The molecule has 0 bridgehead atoms. The Morgan fingerprint density at radius 3 is 2.31 bits per heavy atom. The third kappa shape index (κ3) is 2.76. The Balaban J connectivity index is 3.02. The number of hydrogen-bond acceptors (Lipinski definition) is 3. The Labute approximate surface area is 96.9 Å². The van der Waals surface area contributed by atoms with E-state index in [0.29, 0.717) is 0 Å². The molecule has 0 fully saturated rings. The molecule has 0 heterocycles. The van der Waals surface area contributed by atoms with Crippen LogP contribution in [0.5, 0.6) is 11.5 Å². The summed E-state index contributed by atoms with van der Waals surface area (Å²) in [6, 6.07) is 5.59. The van der Waals surface area contributed by atoms with Crippen molar-refractivity contribution in [3.63, 3.8) is 0 Å². The van der Waals surface area contributed by atoms with Crippen molar-refractivity contribution in [2.45, 2.75) is 18.9 Å². The molecule has 0 spiro atoms. The molecule has 0 saturated carbocycles. The van der Waals surface area contributed by atoms with E-state index in [9.17, 15) is 0 Å². The van der Waals surface area contributed by atoms with Gasteiger partial charge in [-0.15, -0.1) is 6.58 Å². The minimum Gasteiger partial charge on any atom is -0.496 e. The molecule has 16 heavy (non-hydrogen) atoms. The first-order valence-electron chi connectivity index (χ1n) is 5.32. The zero-order valence-electron chi connectivity index (χ0n) is 9.90. The van der Waals surface area contributed by atoms with Crippen molar-refractivity contribution < 1.29 is 9.47 Å². The van der Waals surface area contributed by atoms with E-state index in [4.69, 9.17) is 15.2 Å². The Kier molecular flexibility index (Phi) is 4.86. The van der Waals surface area contributed by atoms with Crippen LogP contribution >= 0.6 is 0 Å². The molecule has 1 atom stereocenters. The average molecular weight is 221 g/mol. The minimum atomic E-state index is -0.0934. The second kappa shape index (κ2) is 6.18. The van der Waals surface area contributed by atoms with Crippen LogP contribution in [0.4, 0.5) is 0 Å². The molecule has 0 aliphatic carbocycles. The normalized spacial score (nSPS) is 11.9. The Hall–Kier alpha value is -1.48. The molecule has 3 nitrogen and oxygen atoms in total. The van der Waals surface area contributed by atoms with Gasteiger partial charge < -0.3 is 15.2 Å². The molecule has 3 heteroatoms. The summed E-state index contributed by atoms with van der Waals surface area (Å²) < 4.78 is 10.6. The molecule has 1 unspecified atom stereocenters. The molecule has 0 aliphatic rings. The van der Waals surface area contributed by atoms with Crippen LogP contribution in [0.15, 0.2) is 30.9 Å². The molecule has 1 rings (SSSR count). The van der Waals surface area contributed by atoms with Crippen molar-refractivity contribution in [2.24, 2.45) is 5.73 Å². The van der Waals surface area contributed by atoms with E-state index in [1.165, 1.54) is 0 Å². The van der Waals surface area contributed by atoms with E-state index < -0.39 is 0 Å². The Morgan fingerprint density at radius 2 is 1.88 bits per heavy atom. The molecule has 0 aromatic heterocycles. The lowest BCUT2D eigenvalue weighted by Gasteiger charge is -2.18. The fraction of sp³-hybridized carbons (Fsp3) is 0.385. The first-order chi connectivity index (χ1) is 7.74. The van der Waals surface area contributed by atoms with E-state index in [2.05, 4.69) is 6.58 Å². The van der Waals surface area contributed by atoms with E-state index in [1.54, 1.807) is 14.2 Å². The van der Waals surface area contributed by atoms with Gasteiger partial charge in [-0.05, 0) is 25.0 Å². The summed E-state index contributed by atoms with van der Waals surface area (Å²) in [5.74, 6) is 1.55. The second-order valence-electron chi connectivity index (χ2n) is 3.55. The number of rotatable bonds is 6. The van der Waals surface area contributed by atoms with Gasteiger partial charge in [0.15, 0.2) is 0 Å². The molecule has 1 aromatic rings. The number of benzene rings is 1. The molecule has 1 aromatic carbocycles. The maximum atomic E-state index is 6.13.